The van der Waals surface area contributed by atoms with Gasteiger partial charge in [-0.2, -0.15) is 0 Å². The number of anilines is 1. The Morgan fingerprint density at radius 1 is 1.04 bits per heavy atom. The van der Waals surface area contributed by atoms with Crippen LogP contribution in [0.1, 0.15) is 27.6 Å². The number of non-ortho nitro benzene ring substituents is 1. The van der Waals surface area contributed by atoms with E-state index >= 15 is 0 Å². The zero-order chi connectivity index (χ0) is 17.7. The Morgan fingerprint density at radius 3 is 2.04 bits per heavy atom. The molecule has 24 heavy (non-hydrogen) atoms. The number of nitro benzene ring substituents is 1. The lowest BCUT2D eigenvalue weighted by atomic mass is 10.1. The molecule has 0 aliphatic rings. The minimum absolute atomic E-state index is 0.0373. The summed E-state index contributed by atoms with van der Waals surface area (Å²) in [7, 11) is 1.29. The number of carbonyl (C=O) groups is 2. The van der Waals surface area contributed by atoms with Crippen molar-refractivity contribution >= 4 is 23.3 Å². The molecule has 0 atom stereocenters. The average molecular weight is 328 g/mol. The number of nitro groups is 1. The number of ether oxygens (including phenoxy) is 1. The van der Waals surface area contributed by atoms with Gasteiger partial charge in [0.25, 0.3) is 11.6 Å². The monoisotopic (exact) mass is 328 g/mol. The Morgan fingerprint density at radius 2 is 1.58 bits per heavy atom. The lowest BCUT2D eigenvalue weighted by Crippen LogP contribution is -2.30. The van der Waals surface area contributed by atoms with Gasteiger partial charge in [0.2, 0.25) is 0 Å². The third-order valence-corrected chi connectivity index (χ3v) is 3.49. The SMILES string of the molecule is CCN(C(=O)c1ccc(C(=O)OC)cc1)c1ccc([N+](=O)[O-])cc1. The first kappa shape index (κ1) is 17.1. The summed E-state index contributed by atoms with van der Waals surface area (Å²) in [4.78, 5) is 35.8. The zero-order valence-electron chi connectivity index (χ0n) is 13.3. The number of nitrogens with zero attached hydrogens (tertiary/aromatic N) is 2. The van der Waals surface area contributed by atoms with Crippen LogP contribution in [0, 0.1) is 10.1 Å². The quantitative estimate of drug-likeness (QED) is 0.478. The minimum atomic E-state index is -0.493. The van der Waals surface area contributed by atoms with Crippen LogP contribution < -0.4 is 4.90 Å². The van der Waals surface area contributed by atoms with Crippen LogP contribution >= 0.6 is 0 Å². The zero-order valence-corrected chi connectivity index (χ0v) is 13.3. The molecule has 0 bridgehead atoms. The first-order valence-corrected chi connectivity index (χ1v) is 7.22. The van der Waals surface area contributed by atoms with Crippen molar-refractivity contribution in [2.24, 2.45) is 0 Å². The number of hydrogen-bond acceptors (Lipinski definition) is 5. The van der Waals surface area contributed by atoms with Crippen molar-refractivity contribution in [3.05, 3.63) is 69.8 Å². The fourth-order valence-electron chi connectivity index (χ4n) is 2.22. The molecule has 0 unspecified atom stereocenters. The molecule has 2 aromatic carbocycles. The normalized spacial score (nSPS) is 10.1. The van der Waals surface area contributed by atoms with Gasteiger partial charge in [0.05, 0.1) is 17.6 Å². The minimum Gasteiger partial charge on any atom is -0.465 e. The highest BCUT2D eigenvalue weighted by molar-refractivity contribution is 6.06. The fraction of sp³-hybridized carbons (Fsp3) is 0.176. The summed E-state index contributed by atoms with van der Waals surface area (Å²) < 4.78 is 4.62. The predicted molar refractivity (Wildman–Crippen MR) is 88.2 cm³/mol. The van der Waals surface area contributed by atoms with Crippen molar-refractivity contribution in [3.63, 3.8) is 0 Å². The van der Waals surface area contributed by atoms with Crippen molar-refractivity contribution < 1.29 is 19.2 Å². The molecule has 0 aliphatic carbocycles. The molecular weight excluding hydrogens is 312 g/mol. The molecule has 0 saturated carbocycles. The Hall–Kier alpha value is -3.22. The van der Waals surface area contributed by atoms with Gasteiger partial charge in [-0.05, 0) is 43.3 Å². The van der Waals surface area contributed by atoms with E-state index in [1.165, 1.54) is 48.4 Å². The number of rotatable bonds is 5. The number of methoxy groups -OCH3 is 1. The Balaban J connectivity index is 2.25. The van der Waals surface area contributed by atoms with Crippen LogP contribution in [-0.4, -0.2) is 30.5 Å². The van der Waals surface area contributed by atoms with Crippen LogP contribution in [0.3, 0.4) is 0 Å². The Labute approximate surface area is 138 Å². The molecule has 0 spiro atoms. The molecule has 7 heteroatoms. The van der Waals surface area contributed by atoms with Crippen molar-refractivity contribution in [2.45, 2.75) is 6.92 Å². The topological polar surface area (TPSA) is 89.8 Å². The third kappa shape index (κ3) is 3.57. The first-order chi connectivity index (χ1) is 11.5. The molecule has 0 saturated heterocycles. The highest BCUT2D eigenvalue weighted by atomic mass is 16.6. The van der Waals surface area contributed by atoms with Gasteiger partial charge in [0, 0.05) is 29.9 Å². The molecule has 0 radical (unpaired) electrons. The molecular formula is C17H16N2O5. The molecule has 124 valence electrons. The predicted octanol–water partition coefficient (Wildman–Crippen LogP) is 3.05. The van der Waals surface area contributed by atoms with E-state index in [9.17, 15) is 19.7 Å². The van der Waals surface area contributed by atoms with Gasteiger partial charge in [0.1, 0.15) is 0 Å². The van der Waals surface area contributed by atoms with Crippen molar-refractivity contribution in [2.75, 3.05) is 18.6 Å². The summed E-state index contributed by atoms with van der Waals surface area (Å²) in [6.45, 7) is 2.21. The van der Waals surface area contributed by atoms with Crippen LogP contribution in [0.25, 0.3) is 0 Å². The fourth-order valence-corrected chi connectivity index (χ4v) is 2.22. The summed E-state index contributed by atoms with van der Waals surface area (Å²) in [5.41, 5.74) is 1.28. The van der Waals surface area contributed by atoms with E-state index in [2.05, 4.69) is 4.74 Å². The van der Waals surface area contributed by atoms with E-state index in [1.54, 1.807) is 12.1 Å². The summed E-state index contributed by atoms with van der Waals surface area (Å²) in [6, 6.07) is 11.9. The van der Waals surface area contributed by atoms with Crippen molar-refractivity contribution in [1.82, 2.24) is 0 Å². The summed E-state index contributed by atoms with van der Waals surface area (Å²) in [6.07, 6.45) is 0. The largest absolute Gasteiger partial charge is 0.465 e. The maximum Gasteiger partial charge on any atom is 0.337 e. The number of amides is 1. The van der Waals surface area contributed by atoms with E-state index in [0.29, 0.717) is 23.4 Å². The van der Waals surface area contributed by atoms with Gasteiger partial charge in [-0.1, -0.05) is 0 Å². The maximum atomic E-state index is 12.6. The van der Waals surface area contributed by atoms with Crippen LogP contribution in [0.5, 0.6) is 0 Å². The lowest BCUT2D eigenvalue weighted by Gasteiger charge is -2.21. The number of hydrogen-bond donors (Lipinski definition) is 0. The molecule has 0 fully saturated rings. The summed E-state index contributed by atoms with van der Waals surface area (Å²) >= 11 is 0. The smallest absolute Gasteiger partial charge is 0.337 e. The average Bonchev–Trinajstić information content (AvgIpc) is 2.62. The van der Waals surface area contributed by atoms with Gasteiger partial charge >= 0.3 is 5.97 Å². The van der Waals surface area contributed by atoms with E-state index < -0.39 is 10.9 Å². The highest BCUT2D eigenvalue weighted by Crippen LogP contribution is 2.21. The number of carbonyl (C=O) groups excluding carboxylic acids is 2. The molecule has 2 aromatic rings. The van der Waals surface area contributed by atoms with Crippen molar-refractivity contribution in [1.29, 1.82) is 0 Å². The standard InChI is InChI=1S/C17H16N2O5/c1-3-18(14-8-10-15(11-9-14)19(22)23)16(20)12-4-6-13(7-5-12)17(21)24-2/h4-11H,3H2,1-2H3. The van der Waals surface area contributed by atoms with E-state index in [4.69, 9.17) is 0 Å². The van der Waals surface area contributed by atoms with E-state index in [0.717, 1.165) is 0 Å². The highest BCUT2D eigenvalue weighted by Gasteiger charge is 2.17. The Bertz CT molecular complexity index is 754. The van der Waals surface area contributed by atoms with Crippen LogP contribution in [-0.2, 0) is 4.74 Å². The van der Waals surface area contributed by atoms with Gasteiger partial charge < -0.3 is 9.64 Å². The molecule has 0 N–H and O–H groups in total. The summed E-state index contributed by atoms with van der Waals surface area (Å²) in [5.74, 6) is -0.737. The summed E-state index contributed by atoms with van der Waals surface area (Å²) in [5, 5.41) is 10.7. The molecule has 7 nitrogen and oxygen atoms in total. The Kier molecular flexibility index (Phi) is 5.26. The number of benzene rings is 2. The maximum absolute atomic E-state index is 12.6. The lowest BCUT2D eigenvalue weighted by molar-refractivity contribution is -0.384. The third-order valence-electron chi connectivity index (χ3n) is 3.49. The second-order valence-electron chi connectivity index (χ2n) is 4.89. The number of esters is 1. The van der Waals surface area contributed by atoms with Crippen molar-refractivity contribution in [3.8, 4) is 0 Å². The van der Waals surface area contributed by atoms with Gasteiger partial charge in [-0.15, -0.1) is 0 Å². The second kappa shape index (κ2) is 7.36. The van der Waals surface area contributed by atoms with E-state index in [1.807, 2.05) is 6.92 Å². The molecule has 1 amide bonds. The van der Waals surface area contributed by atoms with Crippen LogP contribution in [0.15, 0.2) is 48.5 Å². The van der Waals surface area contributed by atoms with Crippen LogP contribution in [0.2, 0.25) is 0 Å². The molecule has 0 aliphatic heterocycles. The molecule has 0 heterocycles. The molecule has 2 rings (SSSR count). The van der Waals surface area contributed by atoms with Crippen LogP contribution in [0.4, 0.5) is 11.4 Å². The first-order valence-electron chi connectivity index (χ1n) is 7.22. The van der Waals surface area contributed by atoms with Gasteiger partial charge in [0.15, 0.2) is 0 Å². The van der Waals surface area contributed by atoms with E-state index in [-0.39, 0.29) is 11.6 Å². The molecule has 0 aromatic heterocycles. The van der Waals surface area contributed by atoms with Gasteiger partial charge in [-0.3, -0.25) is 14.9 Å². The van der Waals surface area contributed by atoms with Gasteiger partial charge in [-0.25, -0.2) is 4.79 Å². The second-order valence-corrected chi connectivity index (χ2v) is 4.89.